The molecule has 0 aliphatic carbocycles. The SMILES string of the molecule is CC(C(=O)O)C(C)C(=O)Nc1ccc(OC(F)F)c(F)c1. The first kappa shape index (κ1) is 16.8. The molecule has 0 radical (unpaired) electrons. The molecule has 1 aromatic carbocycles. The third-order valence-corrected chi connectivity index (χ3v) is 2.97. The minimum Gasteiger partial charge on any atom is -0.481 e. The fourth-order valence-electron chi connectivity index (χ4n) is 1.47. The van der Waals surface area contributed by atoms with Crippen LogP contribution >= 0.6 is 0 Å². The first-order valence-corrected chi connectivity index (χ1v) is 6.00. The average molecular weight is 305 g/mol. The third kappa shape index (κ3) is 4.66. The Hall–Kier alpha value is -2.25. The Labute approximate surface area is 118 Å². The smallest absolute Gasteiger partial charge is 0.387 e. The van der Waals surface area contributed by atoms with Crippen LogP contribution in [-0.2, 0) is 9.59 Å². The number of alkyl halides is 2. The number of carbonyl (C=O) groups is 2. The molecular weight excluding hydrogens is 291 g/mol. The molecule has 0 spiro atoms. The lowest BCUT2D eigenvalue weighted by molar-refractivity contribution is -0.145. The maximum atomic E-state index is 13.4. The Morgan fingerprint density at radius 3 is 2.33 bits per heavy atom. The number of aliphatic carboxylic acids is 1. The molecule has 0 saturated carbocycles. The molecule has 0 aliphatic rings. The van der Waals surface area contributed by atoms with Crippen LogP contribution < -0.4 is 10.1 Å². The predicted molar refractivity (Wildman–Crippen MR) is 67.6 cm³/mol. The second-order valence-corrected chi connectivity index (χ2v) is 4.43. The number of carboxylic acid groups (broad SMARTS) is 1. The maximum absolute atomic E-state index is 13.4. The van der Waals surface area contributed by atoms with E-state index < -0.39 is 41.9 Å². The van der Waals surface area contributed by atoms with Gasteiger partial charge in [-0.1, -0.05) is 13.8 Å². The summed E-state index contributed by atoms with van der Waals surface area (Å²) in [5, 5.41) is 11.1. The Morgan fingerprint density at radius 2 is 1.86 bits per heavy atom. The highest BCUT2D eigenvalue weighted by Gasteiger charge is 2.26. The molecule has 1 amide bonds. The molecule has 0 aliphatic heterocycles. The number of rotatable bonds is 6. The van der Waals surface area contributed by atoms with Crippen molar-refractivity contribution in [2.24, 2.45) is 11.8 Å². The molecule has 0 saturated heterocycles. The van der Waals surface area contributed by atoms with Gasteiger partial charge in [0.05, 0.1) is 5.92 Å². The Balaban J connectivity index is 2.77. The lowest BCUT2D eigenvalue weighted by atomic mass is 9.95. The van der Waals surface area contributed by atoms with Gasteiger partial charge in [0.25, 0.3) is 0 Å². The van der Waals surface area contributed by atoms with Crippen molar-refractivity contribution < 1.29 is 32.6 Å². The van der Waals surface area contributed by atoms with Gasteiger partial charge >= 0.3 is 12.6 Å². The molecule has 5 nitrogen and oxygen atoms in total. The van der Waals surface area contributed by atoms with Crippen LogP contribution in [0.15, 0.2) is 18.2 Å². The molecule has 8 heteroatoms. The van der Waals surface area contributed by atoms with E-state index in [1.165, 1.54) is 19.9 Å². The van der Waals surface area contributed by atoms with Gasteiger partial charge in [-0.3, -0.25) is 9.59 Å². The number of hydrogen-bond acceptors (Lipinski definition) is 3. The molecule has 2 atom stereocenters. The lowest BCUT2D eigenvalue weighted by Gasteiger charge is -2.16. The van der Waals surface area contributed by atoms with Crippen molar-refractivity contribution in [2.75, 3.05) is 5.32 Å². The van der Waals surface area contributed by atoms with Crippen LogP contribution in [0.1, 0.15) is 13.8 Å². The van der Waals surface area contributed by atoms with Crippen molar-refractivity contribution in [1.29, 1.82) is 0 Å². The minimum atomic E-state index is -3.16. The number of nitrogens with one attached hydrogen (secondary N) is 1. The van der Waals surface area contributed by atoms with Crippen molar-refractivity contribution in [2.45, 2.75) is 20.5 Å². The van der Waals surface area contributed by atoms with Gasteiger partial charge in [-0.05, 0) is 12.1 Å². The van der Waals surface area contributed by atoms with Crippen LogP contribution in [0.3, 0.4) is 0 Å². The number of ether oxygens (including phenoxy) is 1. The molecular formula is C13H14F3NO4. The topological polar surface area (TPSA) is 75.6 Å². The van der Waals surface area contributed by atoms with Gasteiger partial charge in [0.1, 0.15) is 0 Å². The van der Waals surface area contributed by atoms with Crippen molar-refractivity contribution >= 4 is 17.6 Å². The van der Waals surface area contributed by atoms with E-state index in [0.29, 0.717) is 0 Å². The second kappa shape index (κ2) is 6.96. The maximum Gasteiger partial charge on any atom is 0.387 e. The molecule has 0 aromatic heterocycles. The first-order valence-electron chi connectivity index (χ1n) is 6.00. The van der Waals surface area contributed by atoms with Crippen molar-refractivity contribution in [3.05, 3.63) is 24.0 Å². The van der Waals surface area contributed by atoms with Crippen LogP contribution in [0.4, 0.5) is 18.9 Å². The number of amides is 1. The summed E-state index contributed by atoms with van der Waals surface area (Å²) >= 11 is 0. The summed E-state index contributed by atoms with van der Waals surface area (Å²) in [6.45, 7) is -0.373. The molecule has 2 N–H and O–H groups in total. The van der Waals surface area contributed by atoms with Gasteiger partial charge in [0.15, 0.2) is 11.6 Å². The zero-order valence-corrected chi connectivity index (χ0v) is 11.3. The second-order valence-electron chi connectivity index (χ2n) is 4.43. The van der Waals surface area contributed by atoms with Crippen LogP contribution in [-0.4, -0.2) is 23.6 Å². The zero-order chi connectivity index (χ0) is 16.2. The van der Waals surface area contributed by atoms with E-state index in [1.54, 1.807) is 0 Å². The fraction of sp³-hybridized carbons (Fsp3) is 0.385. The summed E-state index contributed by atoms with van der Waals surface area (Å²) in [6.07, 6.45) is 0. The van der Waals surface area contributed by atoms with Gasteiger partial charge in [-0.2, -0.15) is 8.78 Å². The normalized spacial score (nSPS) is 13.6. The molecule has 0 bridgehead atoms. The Morgan fingerprint density at radius 1 is 1.24 bits per heavy atom. The zero-order valence-electron chi connectivity index (χ0n) is 11.3. The third-order valence-electron chi connectivity index (χ3n) is 2.97. The van der Waals surface area contributed by atoms with Crippen LogP contribution in [0.25, 0.3) is 0 Å². The van der Waals surface area contributed by atoms with E-state index in [9.17, 15) is 22.8 Å². The largest absolute Gasteiger partial charge is 0.481 e. The molecule has 0 heterocycles. The summed E-state index contributed by atoms with van der Waals surface area (Å²) in [7, 11) is 0. The summed E-state index contributed by atoms with van der Waals surface area (Å²) in [6, 6.07) is 2.94. The van der Waals surface area contributed by atoms with E-state index in [2.05, 4.69) is 10.1 Å². The highest BCUT2D eigenvalue weighted by molar-refractivity contribution is 5.94. The minimum absolute atomic E-state index is 0.0172. The van der Waals surface area contributed by atoms with Crippen molar-refractivity contribution in [3.63, 3.8) is 0 Å². The molecule has 116 valence electrons. The number of anilines is 1. The van der Waals surface area contributed by atoms with E-state index in [1.807, 2.05) is 0 Å². The molecule has 1 aromatic rings. The Kier molecular flexibility index (Phi) is 5.57. The monoisotopic (exact) mass is 305 g/mol. The molecule has 2 unspecified atom stereocenters. The standard InChI is InChI=1S/C13H14F3NO4/c1-6(7(2)12(19)20)11(18)17-8-3-4-10(9(14)5-8)21-13(15)16/h3-7,13H,1-2H3,(H,17,18)(H,19,20). The quantitative estimate of drug-likeness (QED) is 0.847. The van der Waals surface area contributed by atoms with E-state index in [0.717, 1.165) is 12.1 Å². The first-order chi connectivity index (χ1) is 9.72. The summed E-state index contributed by atoms with van der Waals surface area (Å²) in [4.78, 5) is 22.6. The van der Waals surface area contributed by atoms with E-state index >= 15 is 0 Å². The van der Waals surface area contributed by atoms with Crippen LogP contribution in [0.2, 0.25) is 0 Å². The van der Waals surface area contributed by atoms with Gasteiger partial charge in [-0.25, -0.2) is 4.39 Å². The fourth-order valence-corrected chi connectivity index (χ4v) is 1.47. The molecule has 21 heavy (non-hydrogen) atoms. The average Bonchev–Trinajstić information content (AvgIpc) is 2.39. The van der Waals surface area contributed by atoms with Gasteiger partial charge < -0.3 is 15.2 Å². The number of carboxylic acids is 1. The molecule has 0 fully saturated rings. The van der Waals surface area contributed by atoms with Crippen LogP contribution in [0.5, 0.6) is 5.75 Å². The number of benzene rings is 1. The van der Waals surface area contributed by atoms with Gasteiger partial charge in [-0.15, -0.1) is 0 Å². The van der Waals surface area contributed by atoms with E-state index in [4.69, 9.17) is 5.11 Å². The van der Waals surface area contributed by atoms with Gasteiger partial charge in [0, 0.05) is 17.7 Å². The highest BCUT2D eigenvalue weighted by Crippen LogP contribution is 2.23. The number of carbonyl (C=O) groups excluding carboxylic acids is 1. The van der Waals surface area contributed by atoms with Crippen LogP contribution in [0, 0.1) is 17.7 Å². The highest BCUT2D eigenvalue weighted by atomic mass is 19.3. The van der Waals surface area contributed by atoms with Crippen molar-refractivity contribution in [1.82, 2.24) is 0 Å². The summed E-state index contributed by atoms with van der Waals surface area (Å²) in [5.74, 6) is -5.22. The number of halogens is 3. The van der Waals surface area contributed by atoms with Crippen molar-refractivity contribution in [3.8, 4) is 5.75 Å². The molecule has 1 rings (SSSR count). The predicted octanol–water partition coefficient (Wildman–Crippen LogP) is 2.72. The number of hydrogen-bond donors (Lipinski definition) is 2. The summed E-state index contributed by atoms with van der Waals surface area (Å²) in [5.41, 5.74) is 0.0172. The van der Waals surface area contributed by atoms with E-state index in [-0.39, 0.29) is 5.69 Å². The lowest BCUT2D eigenvalue weighted by Crippen LogP contribution is -2.30. The van der Waals surface area contributed by atoms with Gasteiger partial charge in [0.2, 0.25) is 5.91 Å². The Bertz CT molecular complexity index is 536. The summed E-state index contributed by atoms with van der Waals surface area (Å²) < 4.78 is 41.3.